The van der Waals surface area contributed by atoms with Gasteiger partial charge in [0.2, 0.25) is 0 Å². The molecule has 0 aliphatic rings. The zero-order valence-electron chi connectivity index (χ0n) is 12.8. The van der Waals surface area contributed by atoms with Crippen LogP contribution in [0.3, 0.4) is 0 Å². The molecule has 6 heteroatoms. The zero-order chi connectivity index (χ0) is 17.1. The number of hydrogen-bond acceptors (Lipinski definition) is 2. The van der Waals surface area contributed by atoms with E-state index in [1.807, 2.05) is 42.5 Å². The van der Waals surface area contributed by atoms with E-state index in [0.29, 0.717) is 32.1 Å². The van der Waals surface area contributed by atoms with Crippen LogP contribution in [0.4, 0.5) is 4.39 Å². The topological polar surface area (TPSA) is 45.8 Å². The smallest absolute Gasteiger partial charge is 0.258 e. The van der Waals surface area contributed by atoms with Gasteiger partial charge in [-0.2, -0.15) is 5.26 Å². The molecule has 3 nitrogen and oxygen atoms in total. The van der Waals surface area contributed by atoms with Crippen molar-refractivity contribution in [2.75, 3.05) is 0 Å². The Labute approximate surface area is 156 Å². The van der Waals surface area contributed by atoms with E-state index in [9.17, 15) is 9.18 Å². The second kappa shape index (κ2) is 7.58. The Kier molecular flexibility index (Phi) is 5.98. The maximum absolute atomic E-state index is 13.7. The van der Waals surface area contributed by atoms with Crippen LogP contribution in [-0.4, -0.2) is 4.57 Å². The molecular weight excluding hydrogens is 474 g/mol. The van der Waals surface area contributed by atoms with Crippen molar-refractivity contribution in [1.82, 2.24) is 4.57 Å². The highest BCUT2D eigenvalue weighted by molar-refractivity contribution is 14.1. The number of aromatic nitrogens is 1. The fraction of sp³-hybridized carbons (Fsp3) is 0.294. The van der Waals surface area contributed by atoms with Gasteiger partial charge in [0.25, 0.3) is 5.56 Å². The molecule has 0 amide bonds. The quantitative estimate of drug-likeness (QED) is 0.468. The third-order valence-corrected chi connectivity index (χ3v) is 5.15. The van der Waals surface area contributed by atoms with Crippen LogP contribution in [0, 0.1) is 20.7 Å². The largest absolute Gasteiger partial charge is 0.280 e. The van der Waals surface area contributed by atoms with Gasteiger partial charge >= 0.3 is 0 Å². The molecule has 1 aromatic carbocycles. The molecule has 0 atom stereocenters. The Bertz CT molecular complexity index is 855. The molecule has 23 heavy (non-hydrogen) atoms. The number of pyridine rings is 1. The van der Waals surface area contributed by atoms with Crippen LogP contribution in [0.5, 0.6) is 0 Å². The number of nitriles is 1. The van der Waals surface area contributed by atoms with Gasteiger partial charge in [0.05, 0.1) is 21.7 Å². The lowest BCUT2D eigenvalue weighted by Gasteiger charge is -2.17. The van der Waals surface area contributed by atoms with Gasteiger partial charge in [-0.15, -0.1) is 0 Å². The molecular formula is C17H15BrFIN2O. The molecule has 0 radical (unpaired) electrons. The fourth-order valence-electron chi connectivity index (χ4n) is 2.58. The van der Waals surface area contributed by atoms with Crippen molar-refractivity contribution in [1.29, 1.82) is 5.26 Å². The summed E-state index contributed by atoms with van der Waals surface area (Å²) in [6.45, 7) is 3.85. The maximum atomic E-state index is 13.7. The monoisotopic (exact) mass is 488 g/mol. The highest BCUT2D eigenvalue weighted by Crippen LogP contribution is 2.27. The van der Waals surface area contributed by atoms with E-state index in [4.69, 9.17) is 5.26 Å². The van der Waals surface area contributed by atoms with Crippen molar-refractivity contribution in [3.8, 4) is 11.8 Å². The maximum Gasteiger partial charge on any atom is 0.258 e. The Morgan fingerprint density at radius 2 is 2.00 bits per heavy atom. The fourth-order valence-corrected chi connectivity index (χ4v) is 3.53. The van der Waals surface area contributed by atoms with Crippen molar-refractivity contribution in [3.63, 3.8) is 0 Å². The van der Waals surface area contributed by atoms with E-state index in [0.717, 1.165) is 11.3 Å². The first kappa shape index (κ1) is 18.1. The number of aryl methyl sites for hydroxylation is 1. The summed E-state index contributed by atoms with van der Waals surface area (Å²) >= 11 is 5.27. The van der Waals surface area contributed by atoms with Crippen molar-refractivity contribution in [2.45, 2.75) is 33.1 Å². The van der Waals surface area contributed by atoms with Crippen LogP contribution < -0.4 is 5.56 Å². The van der Waals surface area contributed by atoms with Crippen molar-refractivity contribution in [3.05, 3.63) is 59.2 Å². The SMILES string of the molecule is CCc1c(CC#N)cc(CC)n(-c2cc(I)c(F)cc2Br)c1=O. The van der Waals surface area contributed by atoms with Gasteiger partial charge in [-0.25, -0.2) is 4.39 Å². The lowest BCUT2D eigenvalue weighted by Crippen LogP contribution is -2.27. The van der Waals surface area contributed by atoms with Crippen LogP contribution in [0.25, 0.3) is 5.69 Å². The van der Waals surface area contributed by atoms with Crippen LogP contribution in [0.1, 0.15) is 30.7 Å². The molecule has 0 bridgehead atoms. The molecule has 0 spiro atoms. The van der Waals surface area contributed by atoms with Gasteiger partial charge in [-0.05, 0) is 75.1 Å². The third-order valence-electron chi connectivity index (χ3n) is 3.69. The van der Waals surface area contributed by atoms with Crippen LogP contribution >= 0.6 is 38.5 Å². The standard InChI is InChI=1S/C17H15BrFIN2O/c1-3-11-7-10(5-6-21)12(4-2)17(23)22(11)16-9-15(20)14(19)8-13(16)18/h7-9H,3-5H2,1-2H3. The normalized spacial score (nSPS) is 10.6. The minimum Gasteiger partial charge on any atom is -0.280 e. The molecule has 120 valence electrons. The Hall–Kier alpha value is -1.20. The van der Waals surface area contributed by atoms with Crippen molar-refractivity contribution >= 4 is 38.5 Å². The lowest BCUT2D eigenvalue weighted by molar-refractivity contribution is 0.618. The summed E-state index contributed by atoms with van der Waals surface area (Å²) in [4.78, 5) is 13.0. The Balaban J connectivity index is 2.85. The minimum absolute atomic E-state index is 0.139. The molecule has 1 aromatic heterocycles. The first-order chi connectivity index (χ1) is 10.9. The molecule has 0 N–H and O–H groups in total. The first-order valence-electron chi connectivity index (χ1n) is 7.23. The van der Waals surface area contributed by atoms with Gasteiger partial charge in [0, 0.05) is 15.7 Å². The summed E-state index contributed by atoms with van der Waals surface area (Å²) in [5.41, 5.74) is 2.70. The average Bonchev–Trinajstić information content (AvgIpc) is 2.51. The minimum atomic E-state index is -0.330. The van der Waals surface area contributed by atoms with Crippen LogP contribution in [0.15, 0.2) is 27.5 Å². The molecule has 0 aliphatic carbocycles. The second-order valence-corrected chi connectivity index (χ2v) is 7.06. The highest BCUT2D eigenvalue weighted by Gasteiger charge is 2.17. The van der Waals surface area contributed by atoms with Gasteiger partial charge in [-0.1, -0.05) is 13.8 Å². The number of nitrogens with zero attached hydrogens (tertiary/aromatic N) is 2. The summed E-state index contributed by atoms with van der Waals surface area (Å²) in [7, 11) is 0. The number of halogens is 3. The number of benzene rings is 1. The van der Waals surface area contributed by atoms with Gasteiger partial charge in [-0.3, -0.25) is 9.36 Å². The molecule has 0 fully saturated rings. The first-order valence-corrected chi connectivity index (χ1v) is 9.10. The van der Waals surface area contributed by atoms with E-state index in [1.54, 1.807) is 10.6 Å². The molecule has 1 heterocycles. The summed E-state index contributed by atoms with van der Waals surface area (Å²) < 4.78 is 16.3. The zero-order valence-corrected chi connectivity index (χ0v) is 16.5. The van der Waals surface area contributed by atoms with Gasteiger partial charge < -0.3 is 0 Å². The van der Waals surface area contributed by atoms with E-state index in [-0.39, 0.29) is 17.8 Å². The van der Waals surface area contributed by atoms with Gasteiger partial charge in [0.1, 0.15) is 5.82 Å². The third kappa shape index (κ3) is 3.50. The van der Waals surface area contributed by atoms with E-state index in [2.05, 4.69) is 22.0 Å². The number of rotatable bonds is 4. The van der Waals surface area contributed by atoms with Crippen LogP contribution in [-0.2, 0) is 19.3 Å². The van der Waals surface area contributed by atoms with Crippen molar-refractivity contribution in [2.24, 2.45) is 0 Å². The predicted octanol–water partition coefficient (Wildman–Crippen LogP) is 4.53. The lowest BCUT2D eigenvalue weighted by atomic mass is 10.0. The highest BCUT2D eigenvalue weighted by atomic mass is 127. The summed E-state index contributed by atoms with van der Waals surface area (Å²) in [6.07, 6.45) is 1.40. The summed E-state index contributed by atoms with van der Waals surface area (Å²) in [6, 6.07) is 7.05. The molecule has 0 aliphatic heterocycles. The van der Waals surface area contributed by atoms with Crippen LogP contribution in [0.2, 0.25) is 0 Å². The van der Waals surface area contributed by atoms with E-state index < -0.39 is 0 Å². The van der Waals surface area contributed by atoms with Crippen molar-refractivity contribution < 1.29 is 4.39 Å². The molecule has 2 aromatic rings. The molecule has 0 saturated heterocycles. The average molecular weight is 489 g/mol. The Morgan fingerprint density at radius 1 is 1.30 bits per heavy atom. The van der Waals surface area contributed by atoms with E-state index >= 15 is 0 Å². The molecule has 2 rings (SSSR count). The molecule has 0 unspecified atom stereocenters. The van der Waals surface area contributed by atoms with E-state index in [1.165, 1.54) is 6.07 Å². The summed E-state index contributed by atoms with van der Waals surface area (Å²) in [5.74, 6) is -0.330. The summed E-state index contributed by atoms with van der Waals surface area (Å²) in [5, 5.41) is 8.98. The Morgan fingerprint density at radius 3 is 2.57 bits per heavy atom. The predicted molar refractivity (Wildman–Crippen MR) is 100 cm³/mol. The van der Waals surface area contributed by atoms with Gasteiger partial charge in [0.15, 0.2) is 0 Å². The number of hydrogen-bond donors (Lipinski definition) is 0. The second-order valence-electron chi connectivity index (χ2n) is 5.04. The molecule has 0 saturated carbocycles.